The first-order chi connectivity index (χ1) is 12.6. The molecule has 0 amide bonds. The first-order valence-electron chi connectivity index (χ1n) is 8.48. The molecule has 0 aromatic carbocycles. The third kappa shape index (κ3) is 4.10. The van der Waals surface area contributed by atoms with Crippen molar-refractivity contribution in [3.05, 3.63) is 39.6 Å². The molecule has 0 aliphatic heterocycles. The number of pyridine rings is 2. The van der Waals surface area contributed by atoms with Crippen LogP contribution in [-0.4, -0.2) is 36.0 Å². The summed E-state index contributed by atoms with van der Waals surface area (Å²) in [6, 6.07) is 1.68. The Hall–Kier alpha value is -2.09. The number of sulfone groups is 1. The van der Waals surface area contributed by atoms with Crippen molar-refractivity contribution in [2.24, 2.45) is 5.11 Å². The number of halogens is 1. The molecule has 2 aromatic rings. The molecule has 10 heteroatoms. The Labute approximate surface area is 162 Å². The van der Waals surface area contributed by atoms with E-state index >= 15 is 0 Å². The monoisotopic (exact) mass is 409 g/mol. The fourth-order valence-corrected chi connectivity index (χ4v) is 4.67. The molecule has 1 saturated carbocycles. The molecule has 1 aliphatic rings. The van der Waals surface area contributed by atoms with Crippen LogP contribution >= 0.6 is 11.6 Å². The lowest BCUT2D eigenvalue weighted by molar-refractivity contribution is 0.204. The third-order valence-corrected chi connectivity index (χ3v) is 6.72. The van der Waals surface area contributed by atoms with Gasteiger partial charge in [-0.3, -0.25) is 0 Å². The molecule has 0 N–H and O–H groups in total. The van der Waals surface area contributed by atoms with Crippen LogP contribution in [0.4, 0.5) is 0 Å². The van der Waals surface area contributed by atoms with Gasteiger partial charge >= 0.3 is 0 Å². The Morgan fingerprint density at radius 2 is 2.04 bits per heavy atom. The minimum Gasteiger partial charge on any atom is -0.474 e. The standard InChI is InChI=1S/C17H20ClN5O3S/c1-17(2,22-23-19)14-9-21-16(13-8-20-15(18)7-12(13)14)26-10-4-5-11(6-10)27(3,24)25/h7-11H,4-6H2,1-3H3/t10-,11+/m0/s1. The van der Waals surface area contributed by atoms with Crippen LogP contribution < -0.4 is 4.74 Å². The van der Waals surface area contributed by atoms with E-state index in [2.05, 4.69) is 20.0 Å². The van der Waals surface area contributed by atoms with Crippen LogP contribution in [0.15, 0.2) is 23.6 Å². The molecular weight excluding hydrogens is 390 g/mol. The lowest BCUT2D eigenvalue weighted by Crippen LogP contribution is -2.20. The van der Waals surface area contributed by atoms with Gasteiger partial charge in [0.2, 0.25) is 5.88 Å². The summed E-state index contributed by atoms with van der Waals surface area (Å²) < 4.78 is 29.5. The quantitative estimate of drug-likeness (QED) is 0.317. The minimum absolute atomic E-state index is 0.230. The number of rotatable bonds is 5. The fourth-order valence-electron chi connectivity index (χ4n) is 3.39. The van der Waals surface area contributed by atoms with Gasteiger partial charge in [-0.15, -0.1) is 0 Å². The second kappa shape index (κ2) is 7.14. The van der Waals surface area contributed by atoms with E-state index in [0.717, 1.165) is 5.39 Å². The third-order valence-electron chi connectivity index (χ3n) is 4.88. The first kappa shape index (κ1) is 19.7. The highest BCUT2D eigenvalue weighted by atomic mass is 35.5. The minimum atomic E-state index is -3.08. The summed E-state index contributed by atoms with van der Waals surface area (Å²) in [7, 11) is -3.08. The van der Waals surface area contributed by atoms with E-state index in [1.54, 1.807) is 32.3 Å². The lowest BCUT2D eigenvalue weighted by Gasteiger charge is -2.22. The summed E-state index contributed by atoms with van der Waals surface area (Å²) >= 11 is 6.07. The summed E-state index contributed by atoms with van der Waals surface area (Å²) in [5.74, 6) is 0.369. The highest BCUT2D eigenvalue weighted by Gasteiger charge is 2.33. The number of hydrogen-bond acceptors (Lipinski definition) is 6. The summed E-state index contributed by atoms with van der Waals surface area (Å²) in [5.41, 5.74) is 8.72. The fraction of sp³-hybridized carbons (Fsp3) is 0.529. The van der Waals surface area contributed by atoms with Crippen molar-refractivity contribution in [3.63, 3.8) is 0 Å². The van der Waals surface area contributed by atoms with Gasteiger partial charge in [-0.05, 0) is 35.4 Å². The van der Waals surface area contributed by atoms with E-state index < -0.39 is 15.4 Å². The van der Waals surface area contributed by atoms with Gasteiger partial charge in [-0.2, -0.15) is 0 Å². The predicted octanol–water partition coefficient (Wildman–Crippen LogP) is 4.17. The van der Waals surface area contributed by atoms with Crippen LogP contribution in [0.1, 0.15) is 38.7 Å². The van der Waals surface area contributed by atoms with Crippen molar-refractivity contribution in [1.29, 1.82) is 0 Å². The Morgan fingerprint density at radius 3 is 2.67 bits per heavy atom. The second-order valence-electron chi connectivity index (χ2n) is 7.28. The van der Waals surface area contributed by atoms with Crippen LogP contribution in [0.3, 0.4) is 0 Å². The van der Waals surface area contributed by atoms with Gasteiger partial charge in [-0.1, -0.05) is 30.6 Å². The van der Waals surface area contributed by atoms with E-state index in [-0.39, 0.29) is 11.4 Å². The van der Waals surface area contributed by atoms with E-state index in [4.69, 9.17) is 21.9 Å². The van der Waals surface area contributed by atoms with Crippen molar-refractivity contribution in [2.75, 3.05) is 6.26 Å². The zero-order valence-electron chi connectivity index (χ0n) is 15.3. The van der Waals surface area contributed by atoms with Crippen LogP contribution in [-0.2, 0) is 15.4 Å². The van der Waals surface area contributed by atoms with Gasteiger partial charge in [-0.25, -0.2) is 18.4 Å². The highest BCUT2D eigenvalue weighted by Crippen LogP contribution is 2.37. The molecule has 1 aliphatic carbocycles. The molecule has 3 rings (SSSR count). The highest BCUT2D eigenvalue weighted by molar-refractivity contribution is 7.91. The molecule has 1 fully saturated rings. The topological polar surface area (TPSA) is 118 Å². The van der Waals surface area contributed by atoms with Crippen LogP contribution in [0.5, 0.6) is 5.88 Å². The zero-order chi connectivity index (χ0) is 19.8. The van der Waals surface area contributed by atoms with Gasteiger partial charge in [0.25, 0.3) is 0 Å². The normalized spacial score (nSPS) is 20.4. The molecule has 0 spiro atoms. The molecule has 0 unspecified atom stereocenters. The number of aromatic nitrogens is 2. The largest absolute Gasteiger partial charge is 0.474 e. The van der Waals surface area contributed by atoms with Crippen molar-refractivity contribution in [3.8, 4) is 5.88 Å². The van der Waals surface area contributed by atoms with Gasteiger partial charge in [0, 0.05) is 30.0 Å². The Morgan fingerprint density at radius 1 is 1.30 bits per heavy atom. The van der Waals surface area contributed by atoms with Crippen molar-refractivity contribution >= 4 is 32.2 Å². The average Bonchev–Trinajstić information content (AvgIpc) is 3.03. The molecule has 2 heterocycles. The van der Waals surface area contributed by atoms with Crippen LogP contribution in [0, 0.1) is 0 Å². The van der Waals surface area contributed by atoms with Gasteiger partial charge in [0.15, 0.2) is 0 Å². The molecular formula is C17H20ClN5O3S. The number of fused-ring (bicyclic) bond motifs is 1. The number of azide groups is 1. The van der Waals surface area contributed by atoms with Gasteiger partial charge in [0.1, 0.15) is 21.1 Å². The molecule has 27 heavy (non-hydrogen) atoms. The maximum Gasteiger partial charge on any atom is 0.223 e. The van der Waals surface area contributed by atoms with Gasteiger partial charge in [0.05, 0.1) is 16.2 Å². The summed E-state index contributed by atoms with van der Waals surface area (Å²) in [4.78, 5) is 11.4. The van der Waals surface area contributed by atoms with Crippen LogP contribution in [0.25, 0.3) is 21.2 Å². The lowest BCUT2D eigenvalue weighted by atomic mass is 9.93. The maximum absolute atomic E-state index is 11.8. The van der Waals surface area contributed by atoms with Crippen molar-refractivity contribution < 1.29 is 13.2 Å². The van der Waals surface area contributed by atoms with E-state index in [0.29, 0.717) is 41.2 Å². The molecule has 8 nitrogen and oxygen atoms in total. The first-order valence-corrected chi connectivity index (χ1v) is 10.8. The molecule has 2 atom stereocenters. The number of ether oxygens (including phenoxy) is 1. The SMILES string of the molecule is CC(C)(N=[N+]=[N-])c1cnc(O[C@H]2CC[C@@H](S(C)(=O)=O)C2)c2cnc(Cl)cc12. The maximum atomic E-state index is 11.8. The Balaban J connectivity index is 2.00. The molecule has 0 saturated heterocycles. The molecule has 144 valence electrons. The summed E-state index contributed by atoms with van der Waals surface area (Å²) in [6.07, 6.45) is 5.86. The van der Waals surface area contributed by atoms with Gasteiger partial charge < -0.3 is 4.74 Å². The smallest absolute Gasteiger partial charge is 0.223 e. The summed E-state index contributed by atoms with van der Waals surface area (Å²) in [5, 5.41) is 5.13. The number of hydrogen-bond donors (Lipinski definition) is 0. The van der Waals surface area contributed by atoms with Crippen molar-refractivity contribution in [1.82, 2.24) is 9.97 Å². The van der Waals surface area contributed by atoms with E-state index in [1.807, 2.05) is 0 Å². The molecule has 2 aromatic heterocycles. The predicted molar refractivity (Wildman–Crippen MR) is 104 cm³/mol. The van der Waals surface area contributed by atoms with E-state index in [9.17, 15) is 8.42 Å². The number of nitrogens with zero attached hydrogens (tertiary/aromatic N) is 5. The zero-order valence-corrected chi connectivity index (χ0v) is 16.8. The molecule has 0 bridgehead atoms. The Bertz CT molecular complexity index is 1030. The Kier molecular flexibility index (Phi) is 5.20. The second-order valence-corrected chi connectivity index (χ2v) is 10.00. The van der Waals surface area contributed by atoms with Crippen molar-refractivity contribution in [2.45, 2.75) is 50.0 Å². The van der Waals surface area contributed by atoms with Crippen LogP contribution in [0.2, 0.25) is 5.15 Å². The molecule has 0 radical (unpaired) electrons. The average molecular weight is 410 g/mol. The van der Waals surface area contributed by atoms with E-state index in [1.165, 1.54) is 6.26 Å². The summed E-state index contributed by atoms with van der Waals surface area (Å²) in [6.45, 7) is 3.57.